The SMILES string of the molecule is N#Cc1c(-n2c3c(c4cc(-c5ccccc5)ccc42)CC(C2=CCCC=C2)C=C3)c(N2C3=C(CCC=C3)C3C=CC=CC32)c(-c2ccccc2)c(-n2c3c(c4ccccc42)CCC=C3)c1-n1c2ccc(C3=CCCC=C3)cc2c2cc(-c3ccccc3)ccc21. The Hall–Kier alpha value is -10.7. The first kappa shape index (κ1) is 52.5. The smallest absolute Gasteiger partial charge is 0.104 e. The minimum Gasteiger partial charge on any atom is -0.331 e. The van der Waals surface area contributed by atoms with E-state index >= 15 is 0 Å². The highest BCUT2D eigenvalue weighted by Gasteiger charge is 2.45. The van der Waals surface area contributed by atoms with Crippen LogP contribution in [0.5, 0.6) is 0 Å². The number of aromatic nitrogens is 3. The molecule has 0 fully saturated rings. The Kier molecular flexibility index (Phi) is 12.4. The molecular weight excluding hydrogens is 1090 g/mol. The number of anilines is 1. The lowest BCUT2D eigenvalue weighted by molar-refractivity contribution is 0.658. The van der Waals surface area contributed by atoms with Crippen molar-refractivity contribution in [1.29, 1.82) is 5.26 Å². The molecule has 0 spiro atoms. The summed E-state index contributed by atoms with van der Waals surface area (Å²) in [5, 5.41) is 18.1. The molecule has 3 atom stereocenters. The second-order valence-electron chi connectivity index (χ2n) is 25.2. The van der Waals surface area contributed by atoms with Gasteiger partial charge in [0, 0.05) is 56.0 Å². The molecule has 0 bridgehead atoms. The number of aryl methyl sites for hydroxylation is 1. The number of nitrogens with zero attached hydrogens (tertiary/aromatic N) is 5. The van der Waals surface area contributed by atoms with Crippen molar-refractivity contribution in [2.45, 2.75) is 63.8 Å². The lowest BCUT2D eigenvalue weighted by atomic mass is 9.84. The fourth-order valence-corrected chi connectivity index (χ4v) is 16.4. The van der Waals surface area contributed by atoms with Gasteiger partial charge in [-0.25, -0.2) is 0 Å². The maximum atomic E-state index is 13.4. The van der Waals surface area contributed by atoms with E-state index < -0.39 is 0 Å². The van der Waals surface area contributed by atoms with E-state index in [4.69, 9.17) is 0 Å². The molecule has 1 aliphatic heterocycles. The maximum Gasteiger partial charge on any atom is 0.104 e. The van der Waals surface area contributed by atoms with Gasteiger partial charge < -0.3 is 18.6 Å². The normalized spacial score (nSPS) is 18.8. The number of nitriles is 1. The van der Waals surface area contributed by atoms with Crippen LogP contribution in [0.25, 0.3) is 112 Å². The van der Waals surface area contributed by atoms with Crippen LogP contribution in [0.2, 0.25) is 0 Å². The molecule has 0 saturated heterocycles. The van der Waals surface area contributed by atoms with Crippen LogP contribution >= 0.6 is 0 Å². The van der Waals surface area contributed by atoms with Crippen LogP contribution in [0.3, 0.4) is 0 Å². The lowest BCUT2D eigenvalue weighted by Gasteiger charge is -2.37. The standard InChI is InChI=1S/C85H65N5/c86-54-72-82(87-77-46-42-60(55-24-6-1-7-25-55)50-68(77)69-51-61(43-47-78(69)87)56-26-8-2-9-27-56)84(89-73-38-20-16-34-64(73)65-35-17-21-39-74(65)89)81(59-32-14-5-15-33-59)85(90-75-40-22-18-36-66(75)67-37-19-23-41-76(67)90)83(72)88-79-48-44-62(57-28-10-3-11-29-57)52-70(79)71-53-63(45-49-80(71)88)58-30-12-4-13-31-58/h1,3,5-8,10-12,14-16,18,20-34,36,38-52,63,66,75H,2,4,9,13,17,19,35,37,53H2. The van der Waals surface area contributed by atoms with Gasteiger partial charge in [0.1, 0.15) is 11.6 Å². The number of benzene rings is 8. The van der Waals surface area contributed by atoms with E-state index in [0.717, 1.165) is 147 Å². The second-order valence-corrected chi connectivity index (χ2v) is 25.2. The monoisotopic (exact) mass is 1160 g/mol. The zero-order valence-corrected chi connectivity index (χ0v) is 50.2. The second kappa shape index (κ2) is 21.3. The molecule has 11 aromatic rings. The molecule has 5 nitrogen and oxygen atoms in total. The molecular formula is C85H65N5. The third-order valence-corrected chi connectivity index (χ3v) is 20.4. The first-order chi connectivity index (χ1) is 44.7. The molecule has 0 amide bonds. The van der Waals surface area contributed by atoms with Crippen LogP contribution in [-0.4, -0.2) is 19.7 Å². The Morgan fingerprint density at radius 1 is 0.411 bits per heavy atom. The highest BCUT2D eigenvalue weighted by molar-refractivity contribution is 6.14. The van der Waals surface area contributed by atoms with Crippen molar-refractivity contribution in [3.63, 3.8) is 0 Å². The zero-order valence-electron chi connectivity index (χ0n) is 50.2. The molecule has 6 aliphatic carbocycles. The van der Waals surface area contributed by atoms with Gasteiger partial charge in [-0.3, -0.25) is 0 Å². The van der Waals surface area contributed by atoms with Gasteiger partial charge >= 0.3 is 0 Å². The van der Waals surface area contributed by atoms with Gasteiger partial charge in [0.25, 0.3) is 0 Å². The summed E-state index contributed by atoms with van der Waals surface area (Å²) in [4.78, 5) is 2.69. The van der Waals surface area contributed by atoms with Gasteiger partial charge in [0.2, 0.25) is 0 Å². The highest BCUT2D eigenvalue weighted by atomic mass is 15.2. The number of fused-ring (bicyclic) bond motifs is 11. The third-order valence-electron chi connectivity index (χ3n) is 20.4. The number of para-hydroxylation sites is 1. The summed E-state index contributed by atoms with van der Waals surface area (Å²) in [5.74, 6) is 0.341. The Morgan fingerprint density at radius 3 is 1.72 bits per heavy atom. The summed E-state index contributed by atoms with van der Waals surface area (Å²) in [6.07, 6.45) is 46.7. The molecule has 90 heavy (non-hydrogen) atoms. The first-order valence-corrected chi connectivity index (χ1v) is 32.5. The van der Waals surface area contributed by atoms with Crippen molar-refractivity contribution in [2.24, 2.45) is 11.8 Å². The van der Waals surface area contributed by atoms with Gasteiger partial charge in [0.15, 0.2) is 0 Å². The van der Waals surface area contributed by atoms with Gasteiger partial charge in [-0.1, -0.05) is 206 Å². The van der Waals surface area contributed by atoms with Crippen LogP contribution in [0.15, 0.2) is 272 Å². The van der Waals surface area contributed by atoms with Gasteiger partial charge in [-0.2, -0.15) is 5.26 Å². The van der Waals surface area contributed by atoms with E-state index in [9.17, 15) is 5.26 Å². The molecule has 18 rings (SSSR count). The lowest BCUT2D eigenvalue weighted by Crippen LogP contribution is -2.34. The molecule has 0 saturated carbocycles. The zero-order chi connectivity index (χ0) is 59.4. The molecule has 0 N–H and O–H groups in total. The van der Waals surface area contributed by atoms with Crippen LogP contribution in [0.4, 0.5) is 5.69 Å². The summed E-state index contributed by atoms with van der Waals surface area (Å²) >= 11 is 0. The van der Waals surface area contributed by atoms with Crippen molar-refractivity contribution in [3.05, 3.63) is 305 Å². The predicted molar refractivity (Wildman–Crippen MR) is 375 cm³/mol. The van der Waals surface area contributed by atoms with E-state index in [1.54, 1.807) is 0 Å². The fourth-order valence-electron chi connectivity index (χ4n) is 16.4. The van der Waals surface area contributed by atoms with Crippen LogP contribution in [0.1, 0.15) is 78.6 Å². The number of allylic oxidation sites excluding steroid dienone is 14. The molecule has 3 aromatic heterocycles. The summed E-state index contributed by atoms with van der Waals surface area (Å²) in [7, 11) is 0. The van der Waals surface area contributed by atoms with Crippen molar-refractivity contribution in [3.8, 4) is 56.5 Å². The third kappa shape index (κ3) is 8.14. The number of rotatable bonds is 9. The molecule has 0 radical (unpaired) electrons. The van der Waals surface area contributed by atoms with Gasteiger partial charge in [-0.15, -0.1) is 0 Å². The highest BCUT2D eigenvalue weighted by Crippen LogP contribution is 2.57. The quantitative estimate of drug-likeness (QED) is 0.145. The number of hydrogen-bond acceptors (Lipinski definition) is 2. The first-order valence-electron chi connectivity index (χ1n) is 32.5. The summed E-state index contributed by atoms with van der Waals surface area (Å²) in [5.41, 5.74) is 26.8. The molecule has 430 valence electrons. The van der Waals surface area contributed by atoms with E-state index in [0.29, 0.717) is 5.56 Å². The van der Waals surface area contributed by atoms with Crippen molar-refractivity contribution in [2.75, 3.05) is 4.90 Å². The molecule has 4 heterocycles. The molecule has 3 unspecified atom stereocenters. The largest absolute Gasteiger partial charge is 0.331 e. The predicted octanol–water partition coefficient (Wildman–Crippen LogP) is 21.2. The van der Waals surface area contributed by atoms with Crippen molar-refractivity contribution < 1.29 is 0 Å². The molecule has 7 aliphatic rings. The summed E-state index contributed by atoms with van der Waals surface area (Å²) < 4.78 is 7.64. The topological polar surface area (TPSA) is 41.8 Å². The van der Waals surface area contributed by atoms with Crippen molar-refractivity contribution >= 4 is 67.0 Å². The molecule has 5 heteroatoms. The minimum absolute atomic E-state index is 0.0667. The van der Waals surface area contributed by atoms with Gasteiger partial charge in [0.05, 0.1) is 50.9 Å². The van der Waals surface area contributed by atoms with E-state index in [1.165, 1.54) is 61.0 Å². The Bertz CT molecular complexity index is 5220. The number of hydrogen-bond donors (Lipinski definition) is 0. The maximum absolute atomic E-state index is 13.4. The molecule has 8 aromatic carbocycles. The van der Waals surface area contributed by atoms with Crippen LogP contribution in [-0.2, 0) is 12.8 Å². The van der Waals surface area contributed by atoms with Crippen LogP contribution < -0.4 is 4.90 Å². The van der Waals surface area contributed by atoms with E-state index in [2.05, 4.69) is 292 Å². The van der Waals surface area contributed by atoms with E-state index in [-0.39, 0.29) is 17.9 Å². The minimum atomic E-state index is -0.0667. The Labute approximate surface area is 525 Å². The Balaban J connectivity index is 1.07. The average Bonchev–Trinajstić information content (AvgIpc) is 1.43. The summed E-state index contributed by atoms with van der Waals surface area (Å²) in [6, 6.07) is 66.3. The fraction of sp³-hybridized carbons (Fsp3) is 0.141. The summed E-state index contributed by atoms with van der Waals surface area (Å²) in [6.45, 7) is 0. The Morgan fingerprint density at radius 2 is 1.00 bits per heavy atom. The van der Waals surface area contributed by atoms with Crippen LogP contribution in [0, 0.1) is 23.2 Å². The van der Waals surface area contributed by atoms with Crippen molar-refractivity contribution in [1.82, 2.24) is 13.7 Å². The van der Waals surface area contributed by atoms with Gasteiger partial charge in [-0.05, 0) is 180 Å². The average molecular weight is 1160 g/mol. The van der Waals surface area contributed by atoms with E-state index in [1.807, 2.05) is 0 Å².